The molecule has 1 aromatic rings. The summed E-state index contributed by atoms with van der Waals surface area (Å²) in [5.41, 5.74) is -0.880. The number of hydrogen-bond acceptors (Lipinski definition) is 5. The van der Waals surface area contributed by atoms with Crippen LogP contribution >= 0.6 is 0 Å². The van der Waals surface area contributed by atoms with E-state index in [4.69, 9.17) is 0 Å². The van der Waals surface area contributed by atoms with Gasteiger partial charge in [-0.25, -0.2) is 17.5 Å². The fourth-order valence-electron chi connectivity index (χ4n) is 1.40. The van der Waals surface area contributed by atoms with Crippen molar-refractivity contribution in [3.63, 3.8) is 0 Å². The third-order valence-corrected chi connectivity index (χ3v) is 3.02. The lowest BCUT2D eigenvalue weighted by atomic mass is 10.2. The van der Waals surface area contributed by atoms with Crippen LogP contribution in [0, 0.1) is 21.7 Å². The van der Waals surface area contributed by atoms with Crippen molar-refractivity contribution in [1.29, 1.82) is 0 Å². The summed E-state index contributed by atoms with van der Waals surface area (Å²) in [5, 5.41) is 13.2. The van der Waals surface area contributed by atoms with Gasteiger partial charge in [-0.15, -0.1) is 0 Å². The molecular weight excluding hydrogens is 296 g/mol. The van der Waals surface area contributed by atoms with Crippen molar-refractivity contribution in [2.24, 2.45) is 0 Å². The molecule has 0 bridgehead atoms. The van der Waals surface area contributed by atoms with E-state index in [1.807, 2.05) is 0 Å². The van der Waals surface area contributed by atoms with Crippen LogP contribution in [-0.2, 0) is 16.6 Å². The first-order valence-electron chi connectivity index (χ1n) is 5.48. The zero-order valence-corrected chi connectivity index (χ0v) is 11.3. The number of benzene rings is 1. The van der Waals surface area contributed by atoms with Crippen LogP contribution in [0.1, 0.15) is 5.56 Å². The van der Waals surface area contributed by atoms with Crippen molar-refractivity contribution in [2.45, 2.75) is 6.54 Å². The number of nitro groups is 1. The molecule has 2 N–H and O–H groups in total. The molecule has 0 fully saturated rings. The Balaban J connectivity index is 2.60. The van der Waals surface area contributed by atoms with E-state index in [1.54, 1.807) is 0 Å². The largest absolute Gasteiger partial charge is 0.311 e. The number of rotatable bonds is 7. The number of halogens is 2. The molecule has 0 atom stereocenters. The summed E-state index contributed by atoms with van der Waals surface area (Å²) in [6.45, 7) is 0.194. The second-order valence-corrected chi connectivity index (χ2v) is 5.83. The van der Waals surface area contributed by atoms with Crippen LogP contribution < -0.4 is 10.0 Å². The Kier molecular flexibility index (Phi) is 5.48. The lowest BCUT2D eigenvalue weighted by molar-refractivity contribution is -0.387. The van der Waals surface area contributed by atoms with Gasteiger partial charge >= 0.3 is 5.69 Å². The number of nitro benzene ring substituents is 1. The van der Waals surface area contributed by atoms with Crippen molar-refractivity contribution in [1.82, 2.24) is 10.0 Å². The molecule has 1 aromatic carbocycles. The highest BCUT2D eigenvalue weighted by atomic mass is 32.2. The van der Waals surface area contributed by atoms with E-state index in [9.17, 15) is 27.3 Å². The molecule has 0 unspecified atom stereocenters. The topological polar surface area (TPSA) is 101 Å². The van der Waals surface area contributed by atoms with Crippen molar-refractivity contribution in [3.8, 4) is 0 Å². The molecule has 20 heavy (non-hydrogen) atoms. The average molecular weight is 309 g/mol. The van der Waals surface area contributed by atoms with Crippen molar-refractivity contribution in [3.05, 3.63) is 39.4 Å². The van der Waals surface area contributed by atoms with Gasteiger partial charge in [-0.05, 0) is 0 Å². The second-order valence-electron chi connectivity index (χ2n) is 4.00. The normalized spacial score (nSPS) is 11.6. The summed E-state index contributed by atoms with van der Waals surface area (Å²) in [6.07, 6.45) is 0.996. The molecule has 0 aliphatic carbocycles. The van der Waals surface area contributed by atoms with E-state index >= 15 is 0 Å². The first-order chi connectivity index (χ1) is 9.20. The van der Waals surface area contributed by atoms with Gasteiger partial charge in [0.15, 0.2) is 0 Å². The van der Waals surface area contributed by atoms with Gasteiger partial charge in [0, 0.05) is 37.3 Å². The van der Waals surface area contributed by atoms with Crippen LogP contribution in [0.4, 0.5) is 14.5 Å². The summed E-state index contributed by atoms with van der Waals surface area (Å²) in [6, 6.07) is 1.26. The summed E-state index contributed by atoms with van der Waals surface area (Å²) in [7, 11) is -3.30. The van der Waals surface area contributed by atoms with Crippen molar-refractivity contribution >= 4 is 15.7 Å². The minimum atomic E-state index is -3.30. The van der Waals surface area contributed by atoms with E-state index < -0.39 is 32.3 Å². The highest BCUT2D eigenvalue weighted by Crippen LogP contribution is 2.21. The molecule has 1 rings (SSSR count). The fraction of sp³-hybridized carbons (Fsp3) is 0.400. The van der Waals surface area contributed by atoms with Crippen LogP contribution in [0.25, 0.3) is 0 Å². The molecule has 0 saturated heterocycles. The monoisotopic (exact) mass is 309 g/mol. The number of sulfonamides is 1. The van der Waals surface area contributed by atoms with E-state index in [2.05, 4.69) is 10.0 Å². The first-order valence-corrected chi connectivity index (χ1v) is 7.37. The molecule has 0 radical (unpaired) electrons. The zero-order valence-electron chi connectivity index (χ0n) is 10.5. The smallest absolute Gasteiger partial charge is 0.305 e. The van der Waals surface area contributed by atoms with Gasteiger partial charge < -0.3 is 5.32 Å². The van der Waals surface area contributed by atoms with E-state index in [1.165, 1.54) is 0 Å². The maximum atomic E-state index is 13.4. The van der Waals surface area contributed by atoms with Crippen LogP contribution in [0.2, 0.25) is 0 Å². The van der Waals surface area contributed by atoms with Crippen molar-refractivity contribution < 1.29 is 22.1 Å². The zero-order chi connectivity index (χ0) is 15.3. The Morgan fingerprint density at radius 3 is 2.45 bits per heavy atom. The fourth-order valence-corrected chi connectivity index (χ4v) is 1.88. The SMILES string of the molecule is CS(=O)(=O)NCCNCc1cc([N+](=O)[O-])c(F)cc1F. The maximum absolute atomic E-state index is 13.4. The van der Waals surface area contributed by atoms with E-state index in [0.29, 0.717) is 6.07 Å². The van der Waals surface area contributed by atoms with Gasteiger partial charge in [0.2, 0.25) is 15.8 Å². The van der Waals surface area contributed by atoms with E-state index in [-0.39, 0.29) is 25.2 Å². The Bertz CT molecular complexity index is 607. The standard InChI is InChI=1S/C10H13F2N3O4S/c1-20(18,19)14-3-2-13-6-7-4-10(15(16)17)9(12)5-8(7)11/h4-5,13-14H,2-3,6H2,1H3. The summed E-state index contributed by atoms with van der Waals surface area (Å²) >= 11 is 0. The second kappa shape index (κ2) is 6.68. The van der Waals surface area contributed by atoms with Crippen molar-refractivity contribution in [2.75, 3.05) is 19.3 Å². The lowest BCUT2D eigenvalue weighted by Gasteiger charge is -2.07. The molecule has 7 nitrogen and oxygen atoms in total. The third-order valence-electron chi connectivity index (χ3n) is 2.29. The van der Waals surface area contributed by atoms with Crippen LogP contribution in [0.15, 0.2) is 12.1 Å². The number of nitrogens with one attached hydrogen (secondary N) is 2. The average Bonchev–Trinajstić information content (AvgIpc) is 2.29. The first kappa shape index (κ1) is 16.4. The molecule has 10 heteroatoms. The molecule has 0 spiro atoms. The quantitative estimate of drug-likeness (QED) is 0.434. The summed E-state index contributed by atoms with van der Waals surface area (Å²) in [5.74, 6) is -2.15. The number of hydrogen-bond donors (Lipinski definition) is 2. The minimum absolute atomic E-state index is 0.0718. The van der Waals surface area contributed by atoms with Gasteiger partial charge in [0.05, 0.1) is 11.2 Å². The molecule has 0 heterocycles. The maximum Gasteiger partial charge on any atom is 0.305 e. The molecule has 0 amide bonds. The van der Waals surface area contributed by atoms with Gasteiger partial charge in [0.1, 0.15) is 5.82 Å². The molecular formula is C10H13F2N3O4S. The summed E-state index contributed by atoms with van der Waals surface area (Å²) < 4.78 is 50.2. The number of nitrogens with zero attached hydrogens (tertiary/aromatic N) is 1. The predicted octanol–water partition coefficient (Wildman–Crippen LogP) is 0.512. The van der Waals surface area contributed by atoms with Crippen LogP contribution in [-0.4, -0.2) is 32.7 Å². The molecule has 0 aliphatic rings. The molecule has 112 valence electrons. The Morgan fingerprint density at radius 1 is 1.25 bits per heavy atom. The Labute approximate surface area is 114 Å². The van der Waals surface area contributed by atoms with Gasteiger partial charge in [-0.1, -0.05) is 0 Å². The van der Waals surface area contributed by atoms with Crippen LogP contribution in [0.3, 0.4) is 0 Å². The van der Waals surface area contributed by atoms with Gasteiger partial charge in [-0.2, -0.15) is 4.39 Å². The summed E-state index contributed by atoms with van der Waals surface area (Å²) in [4.78, 5) is 9.58. The minimum Gasteiger partial charge on any atom is -0.311 e. The van der Waals surface area contributed by atoms with Crippen LogP contribution in [0.5, 0.6) is 0 Å². The van der Waals surface area contributed by atoms with Gasteiger partial charge in [-0.3, -0.25) is 10.1 Å². The third kappa shape index (κ3) is 5.15. The van der Waals surface area contributed by atoms with E-state index in [0.717, 1.165) is 12.3 Å². The predicted molar refractivity (Wildman–Crippen MR) is 67.6 cm³/mol. The highest BCUT2D eigenvalue weighted by Gasteiger charge is 2.18. The highest BCUT2D eigenvalue weighted by molar-refractivity contribution is 7.88. The van der Waals surface area contributed by atoms with Gasteiger partial charge in [0.25, 0.3) is 0 Å². The lowest BCUT2D eigenvalue weighted by Crippen LogP contribution is -2.31. The molecule has 0 aliphatic heterocycles. The molecule has 0 saturated carbocycles. The Morgan fingerprint density at radius 2 is 1.90 bits per heavy atom. The Hall–Kier alpha value is -1.65. The molecule has 0 aromatic heterocycles.